The topological polar surface area (TPSA) is 34.2 Å². The molecule has 1 N–H and O–H groups in total. The number of rotatable bonds is 2. The van der Waals surface area contributed by atoms with Crippen molar-refractivity contribution in [3.05, 3.63) is 23.5 Å². The van der Waals surface area contributed by atoms with Crippen LogP contribution in [0.4, 0.5) is 5.69 Å². The number of fused-ring (bicyclic) bond motifs is 2. The van der Waals surface area contributed by atoms with E-state index in [-0.39, 0.29) is 5.54 Å². The molecule has 1 aromatic rings. The fraction of sp³-hybridized carbons (Fsp3) is 0.545. The molecule has 0 spiro atoms. The Morgan fingerprint density at radius 2 is 2.53 bits per heavy atom. The quantitative estimate of drug-likeness (QED) is 0.838. The summed E-state index contributed by atoms with van der Waals surface area (Å²) in [5.41, 5.74) is 1.09. The smallest absolute Gasteiger partial charge is 0.0820 e. The SMILES string of the molecule is Clc1cnccc1NC12CCC(C1)OC2. The van der Waals surface area contributed by atoms with E-state index in [1.807, 2.05) is 6.07 Å². The fourth-order valence-electron chi connectivity index (χ4n) is 2.54. The number of hydrogen-bond acceptors (Lipinski definition) is 3. The lowest BCUT2D eigenvalue weighted by Crippen LogP contribution is -2.37. The maximum Gasteiger partial charge on any atom is 0.0820 e. The van der Waals surface area contributed by atoms with Gasteiger partial charge in [0.15, 0.2) is 0 Å². The Bertz CT molecular complexity index is 375. The molecule has 0 radical (unpaired) electrons. The Kier molecular flexibility index (Phi) is 2.11. The molecule has 2 bridgehead atoms. The Labute approximate surface area is 93.8 Å². The van der Waals surface area contributed by atoms with Crippen LogP contribution in [0.3, 0.4) is 0 Å². The Morgan fingerprint density at radius 3 is 3.13 bits per heavy atom. The van der Waals surface area contributed by atoms with Crippen molar-refractivity contribution in [2.24, 2.45) is 0 Å². The average Bonchev–Trinajstić information content (AvgIpc) is 2.81. The van der Waals surface area contributed by atoms with E-state index in [0.717, 1.165) is 25.1 Å². The van der Waals surface area contributed by atoms with Gasteiger partial charge in [-0.3, -0.25) is 4.98 Å². The normalized spacial score (nSPS) is 33.3. The van der Waals surface area contributed by atoms with E-state index in [1.54, 1.807) is 12.4 Å². The summed E-state index contributed by atoms with van der Waals surface area (Å²) in [7, 11) is 0. The van der Waals surface area contributed by atoms with Crippen molar-refractivity contribution < 1.29 is 4.74 Å². The predicted molar refractivity (Wildman–Crippen MR) is 59.2 cm³/mol. The highest BCUT2D eigenvalue weighted by Crippen LogP contribution is 2.42. The summed E-state index contributed by atoms with van der Waals surface area (Å²) in [4.78, 5) is 3.98. The second-order valence-corrected chi connectivity index (χ2v) is 4.84. The van der Waals surface area contributed by atoms with E-state index >= 15 is 0 Å². The molecule has 3 nitrogen and oxygen atoms in total. The highest BCUT2D eigenvalue weighted by Gasteiger charge is 2.46. The predicted octanol–water partition coefficient (Wildman–Crippen LogP) is 2.47. The Morgan fingerprint density at radius 1 is 1.60 bits per heavy atom. The molecule has 0 aromatic carbocycles. The second kappa shape index (κ2) is 3.35. The highest BCUT2D eigenvalue weighted by atomic mass is 35.5. The van der Waals surface area contributed by atoms with Crippen molar-refractivity contribution in [2.45, 2.75) is 30.9 Å². The number of aromatic nitrogens is 1. The molecule has 1 aliphatic heterocycles. The van der Waals surface area contributed by atoms with E-state index < -0.39 is 0 Å². The van der Waals surface area contributed by atoms with Crippen molar-refractivity contribution in [1.82, 2.24) is 4.98 Å². The minimum atomic E-state index is 0.121. The number of hydrogen-bond donors (Lipinski definition) is 1. The standard InChI is InChI=1S/C11H13ClN2O/c12-9-6-13-4-2-10(9)14-11-3-1-8(5-11)15-7-11/h2,4,6,8H,1,3,5,7H2,(H,13,14). The van der Waals surface area contributed by atoms with Gasteiger partial charge in [0.05, 0.1) is 29.0 Å². The summed E-state index contributed by atoms with van der Waals surface area (Å²) in [6.45, 7) is 0.802. The van der Waals surface area contributed by atoms with Gasteiger partial charge in [0.1, 0.15) is 0 Å². The third-order valence-electron chi connectivity index (χ3n) is 3.33. The van der Waals surface area contributed by atoms with Crippen molar-refractivity contribution >= 4 is 17.3 Å². The van der Waals surface area contributed by atoms with Crippen LogP contribution in [0.5, 0.6) is 0 Å². The highest BCUT2D eigenvalue weighted by molar-refractivity contribution is 6.33. The van der Waals surface area contributed by atoms with Gasteiger partial charge in [-0.05, 0) is 25.3 Å². The van der Waals surface area contributed by atoms with Crippen LogP contribution < -0.4 is 5.32 Å². The molecular weight excluding hydrogens is 212 g/mol. The molecule has 1 aromatic heterocycles. The lowest BCUT2D eigenvalue weighted by molar-refractivity contribution is 0.0745. The van der Waals surface area contributed by atoms with Gasteiger partial charge in [-0.1, -0.05) is 11.6 Å². The number of pyridine rings is 1. The van der Waals surface area contributed by atoms with Gasteiger partial charge in [0, 0.05) is 12.4 Å². The summed E-state index contributed by atoms with van der Waals surface area (Å²) in [5.74, 6) is 0. The first-order chi connectivity index (χ1) is 7.27. The molecule has 2 heterocycles. The molecule has 1 saturated carbocycles. The Balaban J connectivity index is 1.83. The van der Waals surface area contributed by atoms with E-state index in [9.17, 15) is 0 Å². The molecule has 2 aliphatic rings. The van der Waals surface area contributed by atoms with Crippen LogP contribution in [0.15, 0.2) is 18.5 Å². The molecule has 15 heavy (non-hydrogen) atoms. The van der Waals surface area contributed by atoms with Crippen LogP contribution in [0.2, 0.25) is 5.02 Å². The molecular formula is C11H13ClN2O. The first-order valence-electron chi connectivity index (χ1n) is 5.27. The molecule has 0 amide bonds. The van der Waals surface area contributed by atoms with Gasteiger partial charge in [0.25, 0.3) is 0 Å². The molecule has 2 fully saturated rings. The molecule has 1 aliphatic carbocycles. The van der Waals surface area contributed by atoms with Crippen molar-refractivity contribution in [3.8, 4) is 0 Å². The van der Waals surface area contributed by atoms with Crippen LogP contribution in [-0.4, -0.2) is 23.2 Å². The summed E-state index contributed by atoms with van der Waals surface area (Å²) in [5, 5.41) is 4.20. The third kappa shape index (κ3) is 1.60. The van der Waals surface area contributed by atoms with Crippen molar-refractivity contribution in [2.75, 3.05) is 11.9 Å². The minimum Gasteiger partial charge on any atom is -0.376 e. The lowest BCUT2D eigenvalue weighted by atomic mass is 9.99. The van der Waals surface area contributed by atoms with E-state index in [0.29, 0.717) is 11.1 Å². The van der Waals surface area contributed by atoms with Crippen LogP contribution in [0, 0.1) is 0 Å². The number of nitrogens with one attached hydrogen (secondary N) is 1. The van der Waals surface area contributed by atoms with E-state index in [4.69, 9.17) is 16.3 Å². The van der Waals surface area contributed by atoms with Crippen LogP contribution in [-0.2, 0) is 4.74 Å². The largest absolute Gasteiger partial charge is 0.376 e. The maximum absolute atomic E-state index is 6.07. The first kappa shape index (κ1) is 9.43. The van der Waals surface area contributed by atoms with E-state index in [2.05, 4.69) is 10.3 Å². The van der Waals surface area contributed by atoms with Gasteiger partial charge in [-0.2, -0.15) is 0 Å². The average molecular weight is 225 g/mol. The minimum absolute atomic E-state index is 0.121. The molecule has 80 valence electrons. The summed E-state index contributed by atoms with van der Waals surface area (Å²) < 4.78 is 5.65. The fourth-order valence-corrected chi connectivity index (χ4v) is 2.71. The molecule has 3 rings (SSSR count). The molecule has 2 unspecified atom stereocenters. The number of halogens is 1. The number of ether oxygens (including phenoxy) is 1. The Hall–Kier alpha value is -0.800. The van der Waals surface area contributed by atoms with Crippen LogP contribution >= 0.6 is 11.6 Å². The van der Waals surface area contributed by atoms with Gasteiger partial charge < -0.3 is 10.1 Å². The molecule has 2 atom stereocenters. The lowest BCUT2D eigenvalue weighted by Gasteiger charge is -2.28. The zero-order valence-electron chi connectivity index (χ0n) is 8.37. The maximum atomic E-state index is 6.07. The first-order valence-corrected chi connectivity index (χ1v) is 5.65. The van der Waals surface area contributed by atoms with Gasteiger partial charge >= 0.3 is 0 Å². The van der Waals surface area contributed by atoms with Crippen LogP contribution in [0.25, 0.3) is 0 Å². The molecule has 4 heteroatoms. The van der Waals surface area contributed by atoms with Gasteiger partial charge in [-0.15, -0.1) is 0 Å². The third-order valence-corrected chi connectivity index (χ3v) is 3.63. The monoisotopic (exact) mass is 224 g/mol. The zero-order valence-corrected chi connectivity index (χ0v) is 9.13. The van der Waals surface area contributed by atoms with E-state index in [1.165, 1.54) is 6.42 Å². The second-order valence-electron chi connectivity index (χ2n) is 4.44. The number of nitrogens with zero attached hydrogens (tertiary/aromatic N) is 1. The number of anilines is 1. The summed E-state index contributed by atoms with van der Waals surface area (Å²) in [6.07, 6.45) is 7.33. The van der Waals surface area contributed by atoms with Gasteiger partial charge in [-0.25, -0.2) is 0 Å². The summed E-state index contributed by atoms with van der Waals surface area (Å²) >= 11 is 6.07. The van der Waals surface area contributed by atoms with Gasteiger partial charge in [0.2, 0.25) is 0 Å². The van der Waals surface area contributed by atoms with Crippen LogP contribution in [0.1, 0.15) is 19.3 Å². The zero-order chi connectivity index (χ0) is 10.3. The van der Waals surface area contributed by atoms with Crippen molar-refractivity contribution in [3.63, 3.8) is 0 Å². The van der Waals surface area contributed by atoms with Crippen molar-refractivity contribution in [1.29, 1.82) is 0 Å². The molecule has 1 saturated heterocycles. The summed E-state index contributed by atoms with van der Waals surface area (Å²) in [6, 6.07) is 1.92.